The lowest BCUT2D eigenvalue weighted by Gasteiger charge is -2.28. The molecule has 0 amide bonds. The number of rotatable bonds is 8. The molecule has 3 aromatic rings. The Balaban J connectivity index is 1.81. The van der Waals surface area contributed by atoms with Gasteiger partial charge in [0.05, 0.1) is 29.8 Å². The number of aromatic nitrogens is 4. The van der Waals surface area contributed by atoms with Gasteiger partial charge < -0.3 is 9.64 Å². The van der Waals surface area contributed by atoms with Crippen LogP contribution in [0, 0.1) is 5.92 Å². The SMILES string of the molecule is CO[C@@H](c1ccc(C(F)(F)F)cc1CN(Cc1cc(C(F)(F)F)cc(C(F)(F)F)c1)c1nnn(C)n1)C1CCCC1. The molecule has 6 nitrogen and oxygen atoms in total. The average molecular weight is 596 g/mol. The zero-order valence-electron chi connectivity index (χ0n) is 21.9. The highest BCUT2D eigenvalue weighted by Gasteiger charge is 2.38. The first-order valence-electron chi connectivity index (χ1n) is 12.6. The van der Waals surface area contributed by atoms with Crippen molar-refractivity contribution in [2.24, 2.45) is 13.0 Å². The maximum absolute atomic E-state index is 13.7. The summed E-state index contributed by atoms with van der Waals surface area (Å²) in [5, 5.41) is 11.5. The van der Waals surface area contributed by atoms with Crippen molar-refractivity contribution in [3.63, 3.8) is 0 Å². The third-order valence-corrected chi connectivity index (χ3v) is 7.02. The van der Waals surface area contributed by atoms with E-state index in [2.05, 4.69) is 15.4 Å². The number of methoxy groups -OCH3 is 1. The molecule has 0 bridgehead atoms. The molecule has 1 aliphatic rings. The summed E-state index contributed by atoms with van der Waals surface area (Å²) in [7, 11) is 2.82. The fourth-order valence-corrected chi connectivity index (χ4v) is 5.16. The van der Waals surface area contributed by atoms with E-state index in [0.717, 1.165) is 42.6 Å². The van der Waals surface area contributed by atoms with Crippen LogP contribution in [0.1, 0.15) is 65.2 Å². The van der Waals surface area contributed by atoms with Crippen molar-refractivity contribution >= 4 is 5.95 Å². The highest BCUT2D eigenvalue weighted by molar-refractivity contribution is 5.42. The zero-order chi connectivity index (χ0) is 30.2. The normalized spacial score (nSPS) is 15.9. The summed E-state index contributed by atoms with van der Waals surface area (Å²) in [5.41, 5.74) is -3.85. The molecule has 1 fully saturated rings. The van der Waals surface area contributed by atoms with Crippen LogP contribution in [0.3, 0.4) is 0 Å². The number of anilines is 1. The molecule has 0 spiro atoms. The first-order valence-corrected chi connectivity index (χ1v) is 12.6. The van der Waals surface area contributed by atoms with Crippen LogP contribution in [0.15, 0.2) is 36.4 Å². The minimum Gasteiger partial charge on any atom is -0.376 e. The molecule has 1 aromatic heterocycles. The summed E-state index contributed by atoms with van der Waals surface area (Å²) < 4.78 is 128. The molecule has 0 N–H and O–H groups in total. The van der Waals surface area contributed by atoms with Crippen LogP contribution in [0.5, 0.6) is 0 Å². The van der Waals surface area contributed by atoms with E-state index >= 15 is 0 Å². The van der Waals surface area contributed by atoms with Crippen molar-refractivity contribution in [1.29, 1.82) is 0 Å². The summed E-state index contributed by atoms with van der Waals surface area (Å²) >= 11 is 0. The van der Waals surface area contributed by atoms with E-state index < -0.39 is 53.4 Å². The molecule has 0 aliphatic heterocycles. The van der Waals surface area contributed by atoms with E-state index in [9.17, 15) is 39.5 Å². The number of halogens is 9. The molecule has 0 unspecified atom stereocenters. The number of benzene rings is 2. The van der Waals surface area contributed by atoms with Crippen LogP contribution >= 0.6 is 0 Å². The molecule has 224 valence electrons. The smallest absolute Gasteiger partial charge is 0.376 e. The molecule has 2 aromatic carbocycles. The Kier molecular flexibility index (Phi) is 8.58. The Morgan fingerprint density at radius 1 is 0.854 bits per heavy atom. The third-order valence-electron chi connectivity index (χ3n) is 7.02. The summed E-state index contributed by atoms with van der Waals surface area (Å²) in [5.74, 6) is -0.173. The van der Waals surface area contributed by atoms with Gasteiger partial charge in [0.15, 0.2) is 0 Å². The maximum atomic E-state index is 13.7. The van der Waals surface area contributed by atoms with Crippen molar-refractivity contribution in [2.75, 3.05) is 12.0 Å². The van der Waals surface area contributed by atoms with Crippen LogP contribution in [0.25, 0.3) is 0 Å². The number of tetrazole rings is 1. The van der Waals surface area contributed by atoms with Crippen molar-refractivity contribution in [3.8, 4) is 0 Å². The standard InChI is InChI=1S/C26H26F9N5O/c1-39-37-23(36-38-39)40(13-15-9-19(25(30,31)32)12-20(10-15)26(33,34)35)14-17-11-18(24(27,28)29)7-8-21(17)22(41-2)16-5-3-4-6-16/h7-12,16,22H,3-6,13-14H2,1-2H3/t22-/m1/s1. The predicted molar refractivity (Wildman–Crippen MR) is 128 cm³/mol. The van der Waals surface area contributed by atoms with Crippen LogP contribution in [-0.4, -0.2) is 27.3 Å². The molecule has 41 heavy (non-hydrogen) atoms. The lowest BCUT2D eigenvalue weighted by molar-refractivity contribution is -0.143. The van der Waals surface area contributed by atoms with Gasteiger partial charge in [-0.2, -0.15) is 44.3 Å². The van der Waals surface area contributed by atoms with Crippen LogP contribution in [0.2, 0.25) is 0 Å². The molecular weight excluding hydrogens is 569 g/mol. The zero-order valence-corrected chi connectivity index (χ0v) is 21.9. The maximum Gasteiger partial charge on any atom is 0.416 e. The topological polar surface area (TPSA) is 56.1 Å². The number of ether oxygens (including phenoxy) is 1. The van der Waals surface area contributed by atoms with E-state index in [0.29, 0.717) is 17.7 Å². The van der Waals surface area contributed by atoms with Crippen LogP contribution in [-0.2, 0) is 43.4 Å². The second-order valence-electron chi connectivity index (χ2n) is 9.96. The number of nitrogens with zero attached hydrogens (tertiary/aromatic N) is 5. The van der Waals surface area contributed by atoms with E-state index in [4.69, 9.17) is 4.74 Å². The lowest BCUT2D eigenvalue weighted by Crippen LogP contribution is -2.26. The minimum absolute atomic E-state index is 0.00407. The van der Waals surface area contributed by atoms with E-state index in [1.165, 1.54) is 25.1 Å². The number of aryl methyl sites for hydroxylation is 1. The van der Waals surface area contributed by atoms with E-state index in [-0.39, 0.29) is 30.0 Å². The van der Waals surface area contributed by atoms with Crippen molar-refractivity contribution in [1.82, 2.24) is 20.2 Å². The highest BCUT2D eigenvalue weighted by atomic mass is 19.4. The van der Waals surface area contributed by atoms with E-state index in [1.807, 2.05) is 0 Å². The Morgan fingerprint density at radius 3 is 1.93 bits per heavy atom. The number of hydrogen-bond donors (Lipinski definition) is 0. The summed E-state index contributed by atoms with van der Waals surface area (Å²) in [6.07, 6.45) is -12.0. The quantitative estimate of drug-likeness (QED) is 0.255. The molecule has 4 rings (SSSR count). The molecule has 0 saturated heterocycles. The summed E-state index contributed by atoms with van der Waals surface area (Å²) in [6.45, 7) is -0.968. The van der Waals surface area contributed by atoms with E-state index in [1.54, 1.807) is 0 Å². The molecular formula is C26H26F9N5O. The fraction of sp³-hybridized carbons (Fsp3) is 0.500. The molecule has 1 aliphatic carbocycles. The largest absolute Gasteiger partial charge is 0.416 e. The highest BCUT2D eigenvalue weighted by Crippen LogP contribution is 2.41. The second kappa shape index (κ2) is 11.5. The van der Waals surface area contributed by atoms with Gasteiger partial charge in [-0.3, -0.25) is 0 Å². The van der Waals surface area contributed by atoms with Crippen LogP contribution < -0.4 is 4.90 Å². The monoisotopic (exact) mass is 595 g/mol. The molecule has 1 atom stereocenters. The van der Waals surface area contributed by atoms with Gasteiger partial charge in [-0.1, -0.05) is 24.0 Å². The molecule has 15 heteroatoms. The Hall–Kier alpha value is -3.36. The Morgan fingerprint density at radius 2 is 1.44 bits per heavy atom. The van der Waals surface area contributed by atoms with Crippen LogP contribution in [0.4, 0.5) is 45.5 Å². The summed E-state index contributed by atoms with van der Waals surface area (Å²) in [4.78, 5) is 2.20. The third kappa shape index (κ3) is 7.29. The number of alkyl halides is 9. The first-order chi connectivity index (χ1) is 19.1. The summed E-state index contributed by atoms with van der Waals surface area (Å²) in [6, 6.07) is 4.26. The van der Waals surface area contributed by atoms with Gasteiger partial charge >= 0.3 is 18.5 Å². The van der Waals surface area contributed by atoms with Crippen molar-refractivity contribution < 1.29 is 44.3 Å². The predicted octanol–water partition coefficient (Wildman–Crippen LogP) is 7.35. The van der Waals surface area contributed by atoms with Gasteiger partial charge in [0.25, 0.3) is 5.95 Å². The number of hydrogen-bond acceptors (Lipinski definition) is 5. The molecule has 1 saturated carbocycles. The molecule has 1 heterocycles. The minimum atomic E-state index is -5.08. The van der Waals surface area contributed by atoms with Gasteiger partial charge in [-0.25, -0.2) is 0 Å². The van der Waals surface area contributed by atoms with Gasteiger partial charge in [0.1, 0.15) is 0 Å². The van der Waals surface area contributed by atoms with Gasteiger partial charge in [0, 0.05) is 20.2 Å². The van der Waals surface area contributed by atoms with Crippen molar-refractivity contribution in [2.45, 2.75) is 63.4 Å². The Bertz CT molecular complexity index is 1310. The van der Waals surface area contributed by atoms with Gasteiger partial charge in [-0.15, -0.1) is 5.10 Å². The average Bonchev–Trinajstić information content (AvgIpc) is 3.55. The fourth-order valence-electron chi connectivity index (χ4n) is 5.16. The van der Waals surface area contributed by atoms with Gasteiger partial charge in [-0.05, 0) is 71.0 Å². The lowest BCUT2D eigenvalue weighted by atomic mass is 9.89. The molecule has 0 radical (unpaired) electrons. The van der Waals surface area contributed by atoms with Crippen molar-refractivity contribution in [3.05, 3.63) is 69.8 Å². The first kappa shape index (κ1) is 30.6. The van der Waals surface area contributed by atoms with Gasteiger partial charge in [0.2, 0.25) is 0 Å². The Labute approximate surface area is 229 Å². The second-order valence-corrected chi connectivity index (χ2v) is 9.96.